The van der Waals surface area contributed by atoms with Crippen molar-refractivity contribution in [3.8, 4) is 11.3 Å². The van der Waals surface area contributed by atoms with Crippen molar-refractivity contribution >= 4 is 17.8 Å². The number of nitrogens with one attached hydrogen (secondary N) is 1. The summed E-state index contributed by atoms with van der Waals surface area (Å²) in [6, 6.07) is 16.4. The topological polar surface area (TPSA) is 118 Å². The Hall–Kier alpha value is -3.78. The van der Waals surface area contributed by atoms with Crippen molar-refractivity contribution in [1.82, 2.24) is 5.43 Å². The van der Waals surface area contributed by atoms with Gasteiger partial charge in [0.2, 0.25) is 0 Å². The maximum absolute atomic E-state index is 11.9. The average molecular weight is 379 g/mol. The number of nitro benzene ring substituents is 1. The van der Waals surface area contributed by atoms with Gasteiger partial charge in [-0.2, -0.15) is 5.10 Å². The van der Waals surface area contributed by atoms with Crippen molar-refractivity contribution in [2.24, 2.45) is 5.10 Å². The summed E-state index contributed by atoms with van der Waals surface area (Å²) in [4.78, 5) is 22.7. The Balaban J connectivity index is 1.70. The second kappa shape index (κ2) is 8.28. The van der Waals surface area contributed by atoms with Crippen LogP contribution in [-0.4, -0.2) is 22.2 Å². The molecule has 0 radical (unpaired) electrons. The Morgan fingerprint density at radius 1 is 1.21 bits per heavy atom. The van der Waals surface area contributed by atoms with Crippen LogP contribution in [-0.2, 0) is 4.79 Å². The molecule has 0 bridgehead atoms. The molecule has 0 saturated carbocycles. The van der Waals surface area contributed by atoms with Gasteiger partial charge in [0.05, 0.1) is 16.7 Å². The number of benzene rings is 2. The lowest BCUT2D eigenvalue weighted by Gasteiger charge is -2.08. The molecule has 0 unspecified atom stereocenters. The minimum Gasteiger partial charge on any atom is -0.455 e. The Kier molecular flexibility index (Phi) is 5.61. The van der Waals surface area contributed by atoms with Crippen LogP contribution in [0.2, 0.25) is 0 Å². The molecule has 3 rings (SSSR count). The van der Waals surface area contributed by atoms with Crippen LogP contribution in [0.3, 0.4) is 0 Å². The first-order valence-electron chi connectivity index (χ1n) is 8.37. The highest BCUT2D eigenvalue weighted by Gasteiger charge is 2.18. The number of furan rings is 1. The van der Waals surface area contributed by atoms with Gasteiger partial charge in [-0.1, -0.05) is 36.4 Å². The molecule has 1 heterocycles. The smallest absolute Gasteiger partial charge is 0.280 e. The van der Waals surface area contributed by atoms with Crippen LogP contribution in [0.25, 0.3) is 11.3 Å². The van der Waals surface area contributed by atoms with Crippen molar-refractivity contribution in [3.63, 3.8) is 0 Å². The summed E-state index contributed by atoms with van der Waals surface area (Å²) in [5.74, 6) is -0.0911. The fraction of sp³-hybridized carbons (Fsp3) is 0.100. The number of nitrogens with zero attached hydrogens (tertiary/aromatic N) is 2. The maximum Gasteiger partial charge on any atom is 0.280 e. The predicted octanol–water partition coefficient (Wildman–Crippen LogP) is 3.35. The predicted molar refractivity (Wildman–Crippen MR) is 103 cm³/mol. The zero-order valence-electron chi connectivity index (χ0n) is 14.9. The van der Waals surface area contributed by atoms with E-state index in [1.165, 1.54) is 12.3 Å². The third-order valence-corrected chi connectivity index (χ3v) is 3.97. The molecular weight excluding hydrogens is 362 g/mol. The van der Waals surface area contributed by atoms with Crippen LogP contribution in [0.5, 0.6) is 0 Å². The SMILES string of the molecule is Cc1ccc(-c2ccc(/C=N\NC(=O)[C@H](O)c3ccccc3)o2)c([N+](=O)[O-])c1. The van der Waals surface area contributed by atoms with E-state index in [0.717, 1.165) is 5.56 Å². The van der Waals surface area contributed by atoms with Crippen LogP contribution in [0, 0.1) is 17.0 Å². The largest absolute Gasteiger partial charge is 0.455 e. The molecule has 0 saturated heterocycles. The molecule has 0 aliphatic carbocycles. The molecule has 8 nitrogen and oxygen atoms in total. The molecule has 3 aromatic rings. The van der Waals surface area contributed by atoms with Gasteiger partial charge in [-0.3, -0.25) is 14.9 Å². The van der Waals surface area contributed by atoms with Crippen molar-refractivity contribution in [2.45, 2.75) is 13.0 Å². The van der Waals surface area contributed by atoms with E-state index in [9.17, 15) is 20.0 Å². The lowest BCUT2D eigenvalue weighted by atomic mass is 10.1. The van der Waals surface area contributed by atoms with Gasteiger partial charge in [-0.15, -0.1) is 0 Å². The minimum absolute atomic E-state index is 0.0582. The second-order valence-electron chi connectivity index (χ2n) is 6.03. The highest BCUT2D eigenvalue weighted by Crippen LogP contribution is 2.31. The number of aliphatic hydroxyl groups is 1. The third-order valence-electron chi connectivity index (χ3n) is 3.97. The Morgan fingerprint density at radius 3 is 2.68 bits per heavy atom. The van der Waals surface area contributed by atoms with Crippen LogP contribution in [0.1, 0.15) is 23.0 Å². The molecule has 1 amide bonds. The molecule has 0 fully saturated rings. The normalized spacial score (nSPS) is 12.1. The van der Waals surface area contributed by atoms with Gasteiger partial charge < -0.3 is 9.52 Å². The average Bonchev–Trinajstić information content (AvgIpc) is 3.16. The summed E-state index contributed by atoms with van der Waals surface area (Å²) in [5.41, 5.74) is 3.73. The first-order valence-corrected chi connectivity index (χ1v) is 8.37. The molecule has 1 atom stereocenters. The van der Waals surface area contributed by atoms with Gasteiger partial charge in [0.15, 0.2) is 6.10 Å². The van der Waals surface area contributed by atoms with Crippen LogP contribution < -0.4 is 5.43 Å². The van der Waals surface area contributed by atoms with Crippen molar-refractivity contribution in [2.75, 3.05) is 0 Å². The summed E-state index contributed by atoms with van der Waals surface area (Å²) >= 11 is 0. The number of carbonyl (C=O) groups excluding carboxylic acids is 1. The molecule has 2 N–H and O–H groups in total. The quantitative estimate of drug-likeness (QED) is 0.387. The Bertz CT molecular complexity index is 1030. The molecule has 0 aliphatic heterocycles. The van der Waals surface area contributed by atoms with Crippen LogP contribution in [0.4, 0.5) is 5.69 Å². The molecule has 1 aromatic heterocycles. The van der Waals surface area contributed by atoms with Crippen LogP contribution >= 0.6 is 0 Å². The first-order chi connectivity index (χ1) is 13.5. The lowest BCUT2D eigenvalue weighted by molar-refractivity contribution is -0.384. The van der Waals surface area contributed by atoms with E-state index >= 15 is 0 Å². The summed E-state index contributed by atoms with van der Waals surface area (Å²) in [5, 5.41) is 25.0. The molecule has 8 heteroatoms. The minimum atomic E-state index is -1.35. The number of hydrogen-bond donors (Lipinski definition) is 2. The van der Waals surface area contributed by atoms with Crippen molar-refractivity contribution < 1.29 is 19.2 Å². The number of hydrazone groups is 1. The maximum atomic E-state index is 11.9. The zero-order chi connectivity index (χ0) is 20.1. The van der Waals surface area contributed by atoms with E-state index in [-0.39, 0.29) is 5.69 Å². The summed E-state index contributed by atoms with van der Waals surface area (Å²) in [7, 11) is 0. The number of hydrogen-bond acceptors (Lipinski definition) is 6. The second-order valence-corrected chi connectivity index (χ2v) is 6.03. The highest BCUT2D eigenvalue weighted by molar-refractivity contribution is 5.84. The summed E-state index contributed by atoms with van der Waals surface area (Å²) < 4.78 is 5.56. The van der Waals surface area contributed by atoms with Gasteiger partial charge >= 0.3 is 0 Å². The summed E-state index contributed by atoms with van der Waals surface area (Å²) in [6.07, 6.45) is -0.0974. The van der Waals surface area contributed by atoms with Gasteiger partial charge in [0.1, 0.15) is 11.5 Å². The van der Waals surface area contributed by atoms with E-state index in [4.69, 9.17) is 4.42 Å². The third kappa shape index (κ3) is 4.30. The number of rotatable bonds is 6. The molecule has 142 valence electrons. The van der Waals surface area contributed by atoms with E-state index in [2.05, 4.69) is 10.5 Å². The van der Waals surface area contributed by atoms with Crippen molar-refractivity contribution in [3.05, 3.63) is 87.7 Å². The zero-order valence-corrected chi connectivity index (χ0v) is 14.9. The van der Waals surface area contributed by atoms with E-state index < -0.39 is 16.9 Å². The first kappa shape index (κ1) is 19.0. The van der Waals surface area contributed by atoms with Gasteiger partial charge in [-0.05, 0) is 36.2 Å². The number of nitro groups is 1. The highest BCUT2D eigenvalue weighted by atomic mass is 16.6. The van der Waals surface area contributed by atoms with E-state index in [0.29, 0.717) is 22.6 Å². The number of carbonyl (C=O) groups is 1. The van der Waals surface area contributed by atoms with Gasteiger partial charge in [0.25, 0.3) is 11.6 Å². The molecule has 28 heavy (non-hydrogen) atoms. The van der Waals surface area contributed by atoms with E-state index in [1.807, 2.05) is 0 Å². The van der Waals surface area contributed by atoms with Crippen LogP contribution in [0.15, 0.2) is 70.2 Å². The molecular formula is C20H17N3O5. The van der Waals surface area contributed by atoms with Crippen molar-refractivity contribution in [1.29, 1.82) is 0 Å². The fourth-order valence-electron chi connectivity index (χ4n) is 2.58. The lowest BCUT2D eigenvalue weighted by Crippen LogP contribution is -2.25. The monoisotopic (exact) mass is 379 g/mol. The van der Waals surface area contributed by atoms with Gasteiger partial charge in [-0.25, -0.2) is 5.43 Å². The number of aliphatic hydroxyl groups excluding tert-OH is 1. The summed E-state index contributed by atoms with van der Waals surface area (Å²) in [6.45, 7) is 1.77. The number of amides is 1. The Labute approximate surface area is 160 Å². The Morgan fingerprint density at radius 2 is 1.96 bits per heavy atom. The molecule has 2 aromatic carbocycles. The molecule has 0 aliphatic rings. The fourth-order valence-corrected chi connectivity index (χ4v) is 2.58. The number of aryl methyl sites for hydroxylation is 1. The molecule has 0 spiro atoms. The standard InChI is InChI=1S/C20H17N3O5/c1-13-7-9-16(17(11-13)23(26)27)18-10-8-15(28-18)12-21-22-20(25)19(24)14-5-3-2-4-6-14/h2-12,19,24H,1H3,(H,22,25)/b21-12-/t19-/m1/s1. The van der Waals surface area contributed by atoms with E-state index in [1.54, 1.807) is 61.5 Å². The van der Waals surface area contributed by atoms with Gasteiger partial charge in [0, 0.05) is 6.07 Å².